The van der Waals surface area contributed by atoms with Crippen LogP contribution in [0.3, 0.4) is 0 Å². The molecule has 1 heterocycles. The third-order valence-corrected chi connectivity index (χ3v) is 2.56. The van der Waals surface area contributed by atoms with Crippen LogP contribution in [0.5, 0.6) is 5.88 Å². The second kappa shape index (κ2) is 5.03. The lowest BCUT2D eigenvalue weighted by molar-refractivity contribution is 0.230. The minimum Gasteiger partial charge on any atom is -0.477 e. The van der Waals surface area contributed by atoms with E-state index in [1.165, 1.54) is 17.7 Å². The highest BCUT2D eigenvalue weighted by molar-refractivity contribution is 5.88. The van der Waals surface area contributed by atoms with Crippen LogP contribution in [-0.4, -0.2) is 36.6 Å². The van der Waals surface area contributed by atoms with E-state index < -0.39 is 0 Å². The molecule has 0 aromatic carbocycles. The Bertz CT molecular complexity index is 385. The summed E-state index contributed by atoms with van der Waals surface area (Å²) in [6.45, 7) is 0.746. The lowest BCUT2D eigenvalue weighted by atomic mass is 10.4. The predicted octanol–water partition coefficient (Wildman–Crippen LogP) is 1.96. The maximum absolute atomic E-state index is 11.4. The first kappa shape index (κ1) is 11.7. The number of carbonyl (C=O) groups is 1. The van der Waals surface area contributed by atoms with Crippen molar-refractivity contribution in [1.82, 2.24) is 9.88 Å². The second-order valence-corrected chi connectivity index (χ2v) is 4.46. The molecule has 0 bridgehead atoms. The zero-order valence-electron chi connectivity index (χ0n) is 10.1. The summed E-state index contributed by atoms with van der Waals surface area (Å²) < 4.78 is 5.50. The molecular weight excluding hydrogens is 218 g/mol. The number of nitrogens with one attached hydrogen (secondary N) is 1. The Labute approximate surface area is 101 Å². The van der Waals surface area contributed by atoms with Gasteiger partial charge in [-0.25, -0.2) is 9.78 Å². The Morgan fingerprint density at radius 3 is 2.82 bits per heavy atom. The molecular formula is C12H17N3O2. The van der Waals surface area contributed by atoms with Crippen molar-refractivity contribution < 1.29 is 9.53 Å². The van der Waals surface area contributed by atoms with Crippen LogP contribution < -0.4 is 10.1 Å². The third kappa shape index (κ3) is 3.62. The highest BCUT2D eigenvalue weighted by Crippen LogP contribution is 2.29. The predicted molar refractivity (Wildman–Crippen MR) is 65.2 cm³/mol. The topological polar surface area (TPSA) is 54.5 Å². The summed E-state index contributed by atoms with van der Waals surface area (Å²) in [5.74, 6) is 1.32. The number of aromatic nitrogens is 1. The number of hydrogen-bond acceptors (Lipinski definition) is 3. The van der Waals surface area contributed by atoms with Gasteiger partial charge in [-0.1, -0.05) is 0 Å². The molecule has 17 heavy (non-hydrogen) atoms. The summed E-state index contributed by atoms with van der Waals surface area (Å²) in [6, 6.07) is 3.39. The number of nitrogens with zero attached hydrogens (tertiary/aromatic N) is 2. The van der Waals surface area contributed by atoms with E-state index in [1.54, 1.807) is 32.4 Å². The van der Waals surface area contributed by atoms with E-state index in [4.69, 9.17) is 4.74 Å². The van der Waals surface area contributed by atoms with E-state index >= 15 is 0 Å². The van der Waals surface area contributed by atoms with Gasteiger partial charge >= 0.3 is 6.03 Å². The van der Waals surface area contributed by atoms with Crippen LogP contribution in [0.15, 0.2) is 18.3 Å². The SMILES string of the molecule is CN(C)C(=O)Nc1ccc(OCC2CC2)nc1. The first-order valence-electron chi connectivity index (χ1n) is 5.72. The smallest absolute Gasteiger partial charge is 0.321 e. The lowest BCUT2D eigenvalue weighted by Gasteiger charge is -2.11. The number of pyridine rings is 1. The Balaban J connectivity index is 1.85. The quantitative estimate of drug-likeness (QED) is 0.868. The molecule has 2 amide bonds. The van der Waals surface area contributed by atoms with E-state index in [0.29, 0.717) is 17.5 Å². The standard InChI is InChI=1S/C12H17N3O2/c1-15(2)12(16)14-10-5-6-11(13-7-10)17-8-9-3-4-9/h5-7,9H,3-4,8H2,1-2H3,(H,14,16). The molecule has 0 spiro atoms. The number of carbonyl (C=O) groups excluding carboxylic acids is 1. The molecule has 1 aromatic rings. The molecule has 92 valence electrons. The summed E-state index contributed by atoms with van der Waals surface area (Å²) in [6.07, 6.45) is 4.12. The van der Waals surface area contributed by atoms with Crippen molar-refractivity contribution in [2.24, 2.45) is 5.92 Å². The average Bonchev–Trinajstić information content (AvgIpc) is 3.12. The molecule has 1 aliphatic rings. The van der Waals surface area contributed by atoms with Gasteiger partial charge in [0.15, 0.2) is 0 Å². The zero-order valence-corrected chi connectivity index (χ0v) is 10.1. The van der Waals surface area contributed by atoms with Crippen molar-refractivity contribution in [1.29, 1.82) is 0 Å². The Kier molecular flexibility index (Phi) is 3.46. The number of urea groups is 1. The van der Waals surface area contributed by atoms with E-state index in [0.717, 1.165) is 6.61 Å². The zero-order chi connectivity index (χ0) is 12.3. The van der Waals surface area contributed by atoms with Gasteiger partial charge in [-0.05, 0) is 24.8 Å². The second-order valence-electron chi connectivity index (χ2n) is 4.46. The molecule has 0 aliphatic heterocycles. The molecule has 1 aromatic heterocycles. The van der Waals surface area contributed by atoms with Crippen molar-refractivity contribution in [2.75, 3.05) is 26.0 Å². The third-order valence-electron chi connectivity index (χ3n) is 2.56. The summed E-state index contributed by atoms with van der Waals surface area (Å²) in [5.41, 5.74) is 0.669. The number of rotatable bonds is 4. The monoisotopic (exact) mass is 235 g/mol. The van der Waals surface area contributed by atoms with E-state index in [-0.39, 0.29) is 6.03 Å². The first-order valence-corrected chi connectivity index (χ1v) is 5.72. The molecule has 0 unspecified atom stereocenters. The van der Waals surface area contributed by atoms with E-state index in [2.05, 4.69) is 10.3 Å². The largest absolute Gasteiger partial charge is 0.477 e. The van der Waals surface area contributed by atoms with Gasteiger partial charge in [0, 0.05) is 20.2 Å². The molecule has 1 fully saturated rings. The molecule has 5 nitrogen and oxygen atoms in total. The van der Waals surface area contributed by atoms with Crippen molar-refractivity contribution in [2.45, 2.75) is 12.8 Å². The fourth-order valence-corrected chi connectivity index (χ4v) is 1.26. The summed E-state index contributed by atoms with van der Waals surface area (Å²) >= 11 is 0. The molecule has 0 radical (unpaired) electrons. The molecule has 2 rings (SSSR count). The summed E-state index contributed by atoms with van der Waals surface area (Å²) in [4.78, 5) is 17.0. The van der Waals surface area contributed by atoms with Gasteiger partial charge in [0.2, 0.25) is 5.88 Å². The van der Waals surface area contributed by atoms with Crippen molar-refractivity contribution in [3.05, 3.63) is 18.3 Å². The number of amides is 2. The van der Waals surface area contributed by atoms with Crippen molar-refractivity contribution in [3.8, 4) is 5.88 Å². The van der Waals surface area contributed by atoms with Crippen LogP contribution >= 0.6 is 0 Å². The maximum Gasteiger partial charge on any atom is 0.321 e. The summed E-state index contributed by atoms with van der Waals surface area (Å²) in [5, 5.41) is 2.71. The molecule has 5 heteroatoms. The lowest BCUT2D eigenvalue weighted by Crippen LogP contribution is -2.27. The molecule has 0 saturated heterocycles. The van der Waals surface area contributed by atoms with Crippen LogP contribution in [-0.2, 0) is 0 Å². The Hall–Kier alpha value is -1.78. The molecule has 0 atom stereocenters. The highest BCUT2D eigenvalue weighted by Gasteiger charge is 2.22. The van der Waals surface area contributed by atoms with Gasteiger partial charge in [-0.15, -0.1) is 0 Å². The molecule has 1 saturated carbocycles. The van der Waals surface area contributed by atoms with Crippen molar-refractivity contribution >= 4 is 11.7 Å². The molecule has 1 aliphatic carbocycles. The minimum atomic E-state index is -0.168. The van der Waals surface area contributed by atoms with Crippen LogP contribution in [0.4, 0.5) is 10.5 Å². The van der Waals surface area contributed by atoms with Crippen LogP contribution in [0, 0.1) is 5.92 Å². The van der Waals surface area contributed by atoms with Gasteiger partial charge in [-0.3, -0.25) is 0 Å². The van der Waals surface area contributed by atoms with Crippen LogP contribution in [0.2, 0.25) is 0 Å². The van der Waals surface area contributed by atoms with Gasteiger partial charge in [-0.2, -0.15) is 0 Å². The first-order chi connectivity index (χ1) is 8.15. The fraction of sp³-hybridized carbons (Fsp3) is 0.500. The van der Waals surface area contributed by atoms with Gasteiger partial charge in [0.1, 0.15) is 0 Å². The van der Waals surface area contributed by atoms with Gasteiger partial charge < -0.3 is 15.0 Å². The number of ether oxygens (including phenoxy) is 1. The fourth-order valence-electron chi connectivity index (χ4n) is 1.26. The Morgan fingerprint density at radius 2 is 2.29 bits per heavy atom. The maximum atomic E-state index is 11.4. The highest BCUT2D eigenvalue weighted by atomic mass is 16.5. The van der Waals surface area contributed by atoms with E-state index in [1.807, 2.05) is 0 Å². The van der Waals surface area contributed by atoms with Crippen LogP contribution in [0.1, 0.15) is 12.8 Å². The normalized spacial score (nSPS) is 14.2. The van der Waals surface area contributed by atoms with Gasteiger partial charge in [0.05, 0.1) is 18.5 Å². The van der Waals surface area contributed by atoms with Crippen LogP contribution in [0.25, 0.3) is 0 Å². The van der Waals surface area contributed by atoms with E-state index in [9.17, 15) is 4.79 Å². The van der Waals surface area contributed by atoms with Gasteiger partial charge in [0.25, 0.3) is 0 Å². The minimum absolute atomic E-state index is 0.168. The number of hydrogen-bond donors (Lipinski definition) is 1. The van der Waals surface area contributed by atoms with Crippen molar-refractivity contribution in [3.63, 3.8) is 0 Å². The number of anilines is 1. The molecule has 1 N–H and O–H groups in total. The average molecular weight is 235 g/mol. The Morgan fingerprint density at radius 1 is 1.53 bits per heavy atom. The summed E-state index contributed by atoms with van der Waals surface area (Å²) in [7, 11) is 3.38.